The summed E-state index contributed by atoms with van der Waals surface area (Å²) in [4.78, 5) is 21.7. The van der Waals surface area contributed by atoms with E-state index in [2.05, 4.69) is 41.4 Å². The van der Waals surface area contributed by atoms with E-state index in [9.17, 15) is 4.79 Å². The SMILES string of the molecule is CCNC(=O)Nc1c[nH]c2ncc(Br)c(N3CCC[C@@H](N)C3)c12.Cl. The van der Waals surface area contributed by atoms with Crippen molar-refractivity contribution in [1.82, 2.24) is 15.3 Å². The van der Waals surface area contributed by atoms with E-state index in [4.69, 9.17) is 5.73 Å². The van der Waals surface area contributed by atoms with Gasteiger partial charge in [-0.3, -0.25) is 0 Å². The van der Waals surface area contributed by atoms with Crippen LogP contribution in [0.4, 0.5) is 16.2 Å². The monoisotopic (exact) mass is 416 g/mol. The first-order valence-corrected chi connectivity index (χ1v) is 8.60. The molecule has 1 saturated heterocycles. The van der Waals surface area contributed by atoms with Gasteiger partial charge in [0.15, 0.2) is 0 Å². The second-order valence-corrected chi connectivity index (χ2v) is 6.57. The Morgan fingerprint density at radius 1 is 1.58 bits per heavy atom. The smallest absolute Gasteiger partial charge is 0.319 e. The number of pyridine rings is 1. The first kappa shape index (κ1) is 18.8. The Labute approximate surface area is 155 Å². The highest BCUT2D eigenvalue weighted by Crippen LogP contribution is 2.38. The van der Waals surface area contributed by atoms with Crippen molar-refractivity contribution < 1.29 is 4.79 Å². The van der Waals surface area contributed by atoms with Gasteiger partial charge in [0.25, 0.3) is 0 Å². The minimum Gasteiger partial charge on any atom is -0.368 e. The fourth-order valence-electron chi connectivity index (χ4n) is 3.00. The van der Waals surface area contributed by atoms with Gasteiger partial charge in [0.2, 0.25) is 0 Å². The van der Waals surface area contributed by atoms with Crippen LogP contribution in [0.3, 0.4) is 0 Å². The molecule has 2 aromatic heterocycles. The molecule has 0 saturated carbocycles. The summed E-state index contributed by atoms with van der Waals surface area (Å²) in [5.74, 6) is 0. The number of carbonyl (C=O) groups is 1. The van der Waals surface area contributed by atoms with Crippen LogP contribution in [0.15, 0.2) is 16.9 Å². The summed E-state index contributed by atoms with van der Waals surface area (Å²) in [6, 6.07) is -0.0627. The summed E-state index contributed by atoms with van der Waals surface area (Å²) < 4.78 is 0.901. The van der Waals surface area contributed by atoms with Crippen LogP contribution in [-0.4, -0.2) is 41.7 Å². The third kappa shape index (κ3) is 3.76. The number of hydrogen-bond donors (Lipinski definition) is 4. The van der Waals surface area contributed by atoms with Gasteiger partial charge in [0, 0.05) is 38.1 Å². The van der Waals surface area contributed by atoms with Crippen molar-refractivity contribution in [3.05, 3.63) is 16.9 Å². The number of nitrogens with one attached hydrogen (secondary N) is 3. The average molecular weight is 418 g/mol. The molecule has 132 valence electrons. The van der Waals surface area contributed by atoms with Crippen LogP contribution in [0.5, 0.6) is 0 Å². The zero-order valence-corrected chi connectivity index (χ0v) is 15.8. The van der Waals surface area contributed by atoms with E-state index in [1.807, 2.05) is 6.92 Å². The first-order chi connectivity index (χ1) is 11.1. The molecule has 9 heteroatoms. The molecule has 0 bridgehead atoms. The number of halogens is 2. The molecule has 0 aliphatic carbocycles. The lowest BCUT2D eigenvalue weighted by Gasteiger charge is -2.33. The van der Waals surface area contributed by atoms with Crippen LogP contribution >= 0.6 is 28.3 Å². The molecule has 24 heavy (non-hydrogen) atoms. The molecular formula is C15H22BrClN6O. The largest absolute Gasteiger partial charge is 0.368 e. The standard InChI is InChI=1S/C15H21BrN6O.ClH/c1-2-18-15(23)21-11-7-20-14-12(11)13(10(16)6-19-14)22-5-3-4-9(17)8-22;/h6-7,9H,2-5,8,17H2,1H3,(H,19,20)(H2,18,21,23);1H/t9-;/m1./s1. The van der Waals surface area contributed by atoms with Gasteiger partial charge in [-0.15, -0.1) is 12.4 Å². The minimum atomic E-state index is -0.227. The van der Waals surface area contributed by atoms with Crippen LogP contribution in [0.25, 0.3) is 11.0 Å². The van der Waals surface area contributed by atoms with Crippen molar-refractivity contribution in [2.24, 2.45) is 5.73 Å². The van der Waals surface area contributed by atoms with Gasteiger partial charge in [-0.25, -0.2) is 9.78 Å². The summed E-state index contributed by atoms with van der Waals surface area (Å²) >= 11 is 3.60. The maximum Gasteiger partial charge on any atom is 0.319 e. The number of hydrogen-bond acceptors (Lipinski definition) is 4. The Balaban J connectivity index is 0.00000208. The van der Waals surface area contributed by atoms with E-state index in [-0.39, 0.29) is 24.5 Å². The molecule has 1 atom stereocenters. The summed E-state index contributed by atoms with van der Waals surface area (Å²) in [7, 11) is 0. The number of urea groups is 1. The second-order valence-electron chi connectivity index (χ2n) is 5.71. The van der Waals surface area contributed by atoms with Crippen molar-refractivity contribution in [2.45, 2.75) is 25.8 Å². The maximum atomic E-state index is 11.9. The number of anilines is 2. The van der Waals surface area contributed by atoms with E-state index in [0.717, 1.165) is 47.1 Å². The highest BCUT2D eigenvalue weighted by atomic mass is 79.9. The molecule has 1 aliphatic heterocycles. The minimum absolute atomic E-state index is 0. The Morgan fingerprint density at radius 2 is 2.38 bits per heavy atom. The number of rotatable bonds is 3. The molecular weight excluding hydrogens is 396 g/mol. The maximum absolute atomic E-state index is 11.9. The van der Waals surface area contributed by atoms with Crippen molar-refractivity contribution >= 4 is 56.8 Å². The predicted molar refractivity (Wildman–Crippen MR) is 103 cm³/mol. The number of aromatic amines is 1. The topological polar surface area (TPSA) is 99.1 Å². The molecule has 0 aromatic carbocycles. The van der Waals surface area contributed by atoms with Crippen LogP contribution in [0.1, 0.15) is 19.8 Å². The van der Waals surface area contributed by atoms with Gasteiger partial charge in [0.1, 0.15) is 5.65 Å². The Hall–Kier alpha value is -1.51. The van der Waals surface area contributed by atoms with Crippen LogP contribution in [0.2, 0.25) is 0 Å². The highest BCUT2D eigenvalue weighted by molar-refractivity contribution is 9.10. The van der Waals surface area contributed by atoms with Crippen LogP contribution in [0, 0.1) is 0 Å². The Kier molecular flexibility index (Phi) is 6.31. The second kappa shape index (κ2) is 8.04. The number of piperidine rings is 1. The zero-order valence-electron chi connectivity index (χ0n) is 13.4. The lowest BCUT2D eigenvalue weighted by molar-refractivity contribution is 0.252. The number of amides is 2. The number of nitrogens with zero attached hydrogens (tertiary/aromatic N) is 2. The van der Waals surface area contributed by atoms with Crippen molar-refractivity contribution in [1.29, 1.82) is 0 Å². The number of carbonyl (C=O) groups excluding carboxylic acids is 1. The fraction of sp³-hybridized carbons (Fsp3) is 0.467. The lowest BCUT2D eigenvalue weighted by Crippen LogP contribution is -2.43. The van der Waals surface area contributed by atoms with E-state index in [1.54, 1.807) is 12.4 Å². The Morgan fingerprint density at radius 3 is 3.08 bits per heavy atom. The number of fused-ring (bicyclic) bond motifs is 1. The van der Waals surface area contributed by atoms with Gasteiger partial charge in [0.05, 0.1) is 21.2 Å². The molecule has 0 unspecified atom stereocenters. The van der Waals surface area contributed by atoms with Gasteiger partial charge < -0.3 is 26.3 Å². The quantitative estimate of drug-likeness (QED) is 0.617. The van der Waals surface area contributed by atoms with Crippen LogP contribution in [-0.2, 0) is 0 Å². The van der Waals surface area contributed by atoms with E-state index in [0.29, 0.717) is 12.2 Å². The fourth-order valence-corrected chi connectivity index (χ4v) is 3.56. The van der Waals surface area contributed by atoms with Gasteiger partial charge in [-0.05, 0) is 35.7 Å². The van der Waals surface area contributed by atoms with Crippen molar-refractivity contribution in [2.75, 3.05) is 29.9 Å². The zero-order chi connectivity index (χ0) is 16.4. The number of aromatic nitrogens is 2. The normalized spacial score (nSPS) is 17.5. The molecule has 5 N–H and O–H groups in total. The van der Waals surface area contributed by atoms with Gasteiger partial charge in [-0.1, -0.05) is 0 Å². The van der Waals surface area contributed by atoms with Gasteiger partial charge >= 0.3 is 6.03 Å². The molecule has 1 aliphatic rings. The summed E-state index contributed by atoms with van der Waals surface area (Å²) in [6.07, 6.45) is 5.65. The predicted octanol–water partition coefficient (Wildman–Crippen LogP) is 2.82. The van der Waals surface area contributed by atoms with E-state index >= 15 is 0 Å². The molecule has 2 amide bonds. The van der Waals surface area contributed by atoms with Crippen molar-refractivity contribution in [3.8, 4) is 0 Å². The lowest BCUT2D eigenvalue weighted by atomic mass is 10.1. The molecule has 3 rings (SSSR count). The summed E-state index contributed by atoms with van der Waals surface area (Å²) in [6.45, 7) is 4.19. The van der Waals surface area contributed by atoms with Gasteiger partial charge in [-0.2, -0.15) is 0 Å². The summed E-state index contributed by atoms with van der Waals surface area (Å²) in [5.41, 5.74) is 8.62. The average Bonchev–Trinajstić information content (AvgIpc) is 2.90. The number of H-pyrrole nitrogens is 1. The molecule has 2 aromatic rings. The van der Waals surface area contributed by atoms with E-state index in [1.165, 1.54) is 0 Å². The molecule has 1 fully saturated rings. The number of nitrogens with two attached hydrogens (primary N) is 1. The van der Waals surface area contributed by atoms with Crippen molar-refractivity contribution in [3.63, 3.8) is 0 Å². The van der Waals surface area contributed by atoms with Crippen LogP contribution < -0.4 is 21.3 Å². The first-order valence-electron chi connectivity index (χ1n) is 7.81. The third-order valence-electron chi connectivity index (χ3n) is 3.99. The Bertz CT molecular complexity index is 721. The van der Waals surface area contributed by atoms with E-state index < -0.39 is 0 Å². The third-order valence-corrected chi connectivity index (χ3v) is 4.57. The molecule has 7 nitrogen and oxygen atoms in total. The molecule has 0 spiro atoms. The summed E-state index contributed by atoms with van der Waals surface area (Å²) in [5, 5.41) is 6.53. The molecule has 3 heterocycles. The molecule has 0 radical (unpaired) electrons. The highest BCUT2D eigenvalue weighted by Gasteiger charge is 2.23.